The van der Waals surface area contributed by atoms with Crippen molar-refractivity contribution in [3.05, 3.63) is 0 Å². The molecule has 0 aromatic carbocycles. The fourth-order valence-corrected chi connectivity index (χ4v) is 1.67. The van der Waals surface area contributed by atoms with Crippen LogP contribution in [0.1, 0.15) is 39.0 Å². The smallest absolute Gasteiger partial charge is 0.315 e. The zero-order chi connectivity index (χ0) is 11.8. The molecule has 0 saturated carbocycles. The molecule has 5 heteroatoms. The molecule has 1 saturated heterocycles. The summed E-state index contributed by atoms with van der Waals surface area (Å²) in [5, 5.41) is 8.40. The summed E-state index contributed by atoms with van der Waals surface area (Å²) in [4.78, 5) is 22.3. The highest BCUT2D eigenvalue weighted by molar-refractivity contribution is 5.78. The minimum absolute atomic E-state index is 0.0707. The van der Waals surface area contributed by atoms with Crippen molar-refractivity contribution in [3.8, 4) is 0 Å². The van der Waals surface area contributed by atoms with E-state index in [9.17, 15) is 9.59 Å². The van der Waals surface area contributed by atoms with Crippen LogP contribution in [-0.2, 0) is 4.79 Å². The topological polar surface area (TPSA) is 70.2 Å². The molecule has 0 aromatic rings. The number of rotatable bonds is 5. The SMILES string of the molecule is CCCCCNC(=O)N[C@@H]1CCC(=O)NC1. The second-order valence-corrected chi connectivity index (χ2v) is 4.15. The first-order valence-electron chi connectivity index (χ1n) is 6.03. The summed E-state index contributed by atoms with van der Waals surface area (Å²) in [7, 11) is 0. The van der Waals surface area contributed by atoms with Gasteiger partial charge in [-0.15, -0.1) is 0 Å². The second-order valence-electron chi connectivity index (χ2n) is 4.15. The number of carbonyl (C=O) groups is 2. The quantitative estimate of drug-likeness (QED) is 0.607. The van der Waals surface area contributed by atoms with E-state index in [1.54, 1.807) is 0 Å². The lowest BCUT2D eigenvalue weighted by Crippen LogP contribution is -2.50. The predicted molar refractivity (Wildman–Crippen MR) is 62.1 cm³/mol. The Kier molecular flexibility index (Phi) is 5.67. The van der Waals surface area contributed by atoms with E-state index in [0.29, 0.717) is 13.0 Å². The minimum atomic E-state index is -0.128. The van der Waals surface area contributed by atoms with Gasteiger partial charge in [0.1, 0.15) is 0 Å². The first-order chi connectivity index (χ1) is 7.72. The largest absolute Gasteiger partial charge is 0.354 e. The first kappa shape index (κ1) is 12.8. The van der Waals surface area contributed by atoms with Crippen molar-refractivity contribution in [2.75, 3.05) is 13.1 Å². The molecule has 0 spiro atoms. The Morgan fingerprint density at radius 3 is 2.94 bits per heavy atom. The Labute approximate surface area is 96.4 Å². The molecular formula is C11H21N3O2. The number of hydrogen-bond acceptors (Lipinski definition) is 2. The van der Waals surface area contributed by atoms with Crippen molar-refractivity contribution in [3.63, 3.8) is 0 Å². The fraction of sp³-hybridized carbons (Fsp3) is 0.818. The van der Waals surface area contributed by atoms with Gasteiger partial charge in [-0.2, -0.15) is 0 Å². The van der Waals surface area contributed by atoms with Crippen LogP contribution in [0.2, 0.25) is 0 Å². The number of urea groups is 1. The van der Waals surface area contributed by atoms with Gasteiger partial charge in [0.05, 0.1) is 0 Å². The summed E-state index contributed by atoms with van der Waals surface area (Å²) >= 11 is 0. The molecule has 16 heavy (non-hydrogen) atoms. The van der Waals surface area contributed by atoms with E-state index >= 15 is 0 Å². The van der Waals surface area contributed by atoms with Crippen LogP contribution in [0.25, 0.3) is 0 Å². The Morgan fingerprint density at radius 1 is 1.50 bits per heavy atom. The van der Waals surface area contributed by atoms with Gasteiger partial charge < -0.3 is 16.0 Å². The Bertz CT molecular complexity index is 233. The lowest BCUT2D eigenvalue weighted by molar-refractivity contribution is -0.122. The number of nitrogens with one attached hydrogen (secondary N) is 3. The van der Waals surface area contributed by atoms with Crippen LogP contribution in [0.15, 0.2) is 0 Å². The molecule has 0 bridgehead atoms. The third kappa shape index (κ3) is 5.00. The average molecular weight is 227 g/mol. The van der Waals surface area contributed by atoms with Gasteiger partial charge in [-0.25, -0.2) is 4.79 Å². The van der Waals surface area contributed by atoms with Gasteiger partial charge in [-0.05, 0) is 12.8 Å². The van der Waals surface area contributed by atoms with Crippen LogP contribution in [-0.4, -0.2) is 31.1 Å². The molecular weight excluding hydrogens is 206 g/mol. The van der Waals surface area contributed by atoms with Crippen molar-refractivity contribution in [2.24, 2.45) is 0 Å². The highest BCUT2D eigenvalue weighted by atomic mass is 16.2. The van der Waals surface area contributed by atoms with Gasteiger partial charge in [0.15, 0.2) is 0 Å². The molecule has 0 aliphatic carbocycles. The van der Waals surface area contributed by atoms with Crippen molar-refractivity contribution in [2.45, 2.75) is 45.1 Å². The van der Waals surface area contributed by atoms with E-state index in [-0.39, 0.29) is 18.0 Å². The molecule has 5 nitrogen and oxygen atoms in total. The Hall–Kier alpha value is -1.26. The number of unbranched alkanes of at least 4 members (excludes halogenated alkanes) is 2. The van der Waals surface area contributed by atoms with Gasteiger partial charge in [0.25, 0.3) is 0 Å². The van der Waals surface area contributed by atoms with Gasteiger partial charge in [-0.3, -0.25) is 4.79 Å². The summed E-state index contributed by atoms with van der Waals surface area (Å²) in [6.07, 6.45) is 4.54. The second kappa shape index (κ2) is 7.09. The molecule has 1 heterocycles. The zero-order valence-electron chi connectivity index (χ0n) is 9.84. The molecule has 0 radical (unpaired) electrons. The van der Waals surface area contributed by atoms with Crippen LogP contribution in [0.4, 0.5) is 4.79 Å². The average Bonchev–Trinajstić information content (AvgIpc) is 2.28. The maximum atomic E-state index is 11.4. The summed E-state index contributed by atoms with van der Waals surface area (Å²) in [6.45, 7) is 3.39. The number of amides is 3. The summed E-state index contributed by atoms with van der Waals surface area (Å²) < 4.78 is 0. The number of piperidine rings is 1. The predicted octanol–water partition coefficient (Wildman–Crippen LogP) is 0.754. The Balaban J connectivity index is 2.07. The van der Waals surface area contributed by atoms with E-state index in [1.165, 1.54) is 0 Å². The molecule has 92 valence electrons. The van der Waals surface area contributed by atoms with Crippen LogP contribution in [0, 0.1) is 0 Å². The van der Waals surface area contributed by atoms with Crippen molar-refractivity contribution in [1.82, 2.24) is 16.0 Å². The maximum Gasteiger partial charge on any atom is 0.315 e. The summed E-state index contributed by atoms with van der Waals surface area (Å²) in [6, 6.07) is -0.0545. The van der Waals surface area contributed by atoms with Crippen LogP contribution < -0.4 is 16.0 Å². The lowest BCUT2D eigenvalue weighted by Gasteiger charge is -2.23. The van der Waals surface area contributed by atoms with Crippen LogP contribution in [0.5, 0.6) is 0 Å². The van der Waals surface area contributed by atoms with Crippen LogP contribution in [0.3, 0.4) is 0 Å². The summed E-state index contributed by atoms with van der Waals surface area (Å²) in [5.41, 5.74) is 0. The van der Waals surface area contributed by atoms with E-state index in [2.05, 4.69) is 22.9 Å². The highest BCUT2D eigenvalue weighted by Gasteiger charge is 2.18. The first-order valence-corrected chi connectivity index (χ1v) is 6.03. The van der Waals surface area contributed by atoms with Gasteiger partial charge in [-0.1, -0.05) is 19.8 Å². The molecule has 1 aliphatic rings. The Morgan fingerprint density at radius 2 is 2.31 bits per heavy atom. The molecule has 1 aliphatic heterocycles. The van der Waals surface area contributed by atoms with Crippen molar-refractivity contribution < 1.29 is 9.59 Å². The standard InChI is InChI=1S/C11H21N3O2/c1-2-3-4-7-12-11(16)14-9-5-6-10(15)13-8-9/h9H,2-8H2,1H3,(H,13,15)(H2,12,14,16)/t9-/m1/s1. The molecule has 1 rings (SSSR count). The fourth-order valence-electron chi connectivity index (χ4n) is 1.67. The van der Waals surface area contributed by atoms with E-state index in [4.69, 9.17) is 0 Å². The number of hydrogen-bond donors (Lipinski definition) is 3. The maximum absolute atomic E-state index is 11.4. The van der Waals surface area contributed by atoms with E-state index < -0.39 is 0 Å². The van der Waals surface area contributed by atoms with E-state index in [1.807, 2.05) is 0 Å². The molecule has 3 N–H and O–H groups in total. The molecule has 1 atom stereocenters. The number of carbonyl (C=O) groups excluding carboxylic acids is 2. The van der Waals surface area contributed by atoms with Crippen molar-refractivity contribution >= 4 is 11.9 Å². The molecule has 0 unspecified atom stereocenters. The highest BCUT2D eigenvalue weighted by Crippen LogP contribution is 2.02. The summed E-state index contributed by atoms with van der Waals surface area (Å²) in [5.74, 6) is 0.0707. The molecule has 3 amide bonds. The minimum Gasteiger partial charge on any atom is -0.354 e. The zero-order valence-corrected chi connectivity index (χ0v) is 9.84. The van der Waals surface area contributed by atoms with Crippen LogP contribution >= 0.6 is 0 Å². The third-order valence-corrected chi connectivity index (χ3v) is 2.67. The van der Waals surface area contributed by atoms with E-state index in [0.717, 1.165) is 32.2 Å². The van der Waals surface area contributed by atoms with Gasteiger partial charge in [0, 0.05) is 25.6 Å². The lowest BCUT2D eigenvalue weighted by atomic mass is 10.1. The molecule has 0 aromatic heterocycles. The van der Waals surface area contributed by atoms with Crippen molar-refractivity contribution in [1.29, 1.82) is 0 Å². The normalized spacial score (nSPS) is 20.1. The monoisotopic (exact) mass is 227 g/mol. The third-order valence-electron chi connectivity index (χ3n) is 2.67. The van der Waals surface area contributed by atoms with Gasteiger partial charge in [0.2, 0.25) is 5.91 Å². The van der Waals surface area contributed by atoms with Gasteiger partial charge >= 0.3 is 6.03 Å². The molecule has 1 fully saturated rings.